The maximum absolute atomic E-state index is 12.6. The van der Waals surface area contributed by atoms with Gasteiger partial charge in [-0.1, -0.05) is 18.2 Å². The maximum atomic E-state index is 12.6. The summed E-state index contributed by atoms with van der Waals surface area (Å²) in [5, 5.41) is 6.98. The Labute approximate surface area is 201 Å². The number of methoxy groups -OCH3 is 1. The Morgan fingerprint density at radius 3 is 2.54 bits per heavy atom. The third kappa shape index (κ3) is 5.83. The van der Waals surface area contributed by atoms with Crippen LogP contribution in [0.25, 0.3) is 0 Å². The third-order valence-electron chi connectivity index (χ3n) is 5.17. The number of esters is 1. The number of Topliss-reactive ketones (excluding diaryl/α,β-unsaturated/α-hetero) is 1. The average molecular weight is 473 g/mol. The van der Waals surface area contributed by atoms with E-state index in [9.17, 15) is 14.4 Å². The highest BCUT2D eigenvalue weighted by Gasteiger charge is 2.15. The van der Waals surface area contributed by atoms with E-state index in [0.29, 0.717) is 34.9 Å². The first-order chi connectivity index (χ1) is 16.9. The molecule has 0 radical (unpaired) electrons. The number of hydrogen-bond donors (Lipinski definition) is 1. The summed E-state index contributed by atoms with van der Waals surface area (Å²) in [5.41, 5.74) is 2.28. The van der Waals surface area contributed by atoms with Crippen molar-refractivity contribution >= 4 is 23.3 Å². The van der Waals surface area contributed by atoms with Crippen molar-refractivity contribution in [1.29, 1.82) is 0 Å². The number of nitrogens with zero attached hydrogens (tertiary/aromatic N) is 2. The Bertz CT molecular complexity index is 1350. The van der Waals surface area contributed by atoms with Crippen molar-refractivity contribution in [3.05, 3.63) is 101 Å². The number of carbonyl (C=O) groups is 3. The number of amides is 1. The Balaban J connectivity index is 1.34. The van der Waals surface area contributed by atoms with Crippen LogP contribution < -0.4 is 10.1 Å². The normalized spacial score (nSPS) is 10.6. The summed E-state index contributed by atoms with van der Waals surface area (Å²) >= 11 is 0. The molecule has 0 saturated heterocycles. The molecule has 9 nitrogen and oxygen atoms in total. The first-order valence-electron chi connectivity index (χ1n) is 10.8. The summed E-state index contributed by atoms with van der Waals surface area (Å²) in [7, 11) is 1.33. The van der Waals surface area contributed by atoms with E-state index < -0.39 is 11.9 Å². The molecule has 0 aliphatic carbocycles. The van der Waals surface area contributed by atoms with Crippen molar-refractivity contribution in [2.24, 2.45) is 0 Å². The van der Waals surface area contributed by atoms with Crippen LogP contribution >= 0.6 is 0 Å². The lowest BCUT2D eigenvalue weighted by molar-refractivity contribution is 0.0599. The molecule has 4 aromatic rings. The Morgan fingerprint density at radius 2 is 1.80 bits per heavy atom. The number of aromatic nitrogens is 2. The molecule has 0 aliphatic rings. The van der Waals surface area contributed by atoms with Crippen molar-refractivity contribution in [2.45, 2.75) is 20.1 Å². The Hall–Kier alpha value is -4.66. The van der Waals surface area contributed by atoms with Crippen LogP contribution in [0, 0.1) is 0 Å². The number of rotatable bonds is 9. The number of furan rings is 1. The van der Waals surface area contributed by atoms with E-state index in [-0.39, 0.29) is 18.2 Å². The number of carbonyl (C=O) groups excluding carboxylic acids is 3. The lowest BCUT2D eigenvalue weighted by Gasteiger charge is -2.07. The van der Waals surface area contributed by atoms with Gasteiger partial charge in [0.05, 0.1) is 31.1 Å². The predicted octanol–water partition coefficient (Wildman–Crippen LogP) is 4.34. The molecule has 35 heavy (non-hydrogen) atoms. The van der Waals surface area contributed by atoms with Gasteiger partial charge in [-0.05, 0) is 55.0 Å². The van der Waals surface area contributed by atoms with Crippen LogP contribution in [0.3, 0.4) is 0 Å². The molecule has 2 heterocycles. The molecule has 178 valence electrons. The number of anilines is 1. The van der Waals surface area contributed by atoms with Gasteiger partial charge in [-0.3, -0.25) is 14.3 Å². The fraction of sp³-hybridized carbons (Fsp3) is 0.154. The van der Waals surface area contributed by atoms with Gasteiger partial charge >= 0.3 is 5.97 Å². The maximum Gasteiger partial charge on any atom is 0.338 e. The zero-order valence-electron chi connectivity index (χ0n) is 19.2. The fourth-order valence-corrected chi connectivity index (χ4v) is 3.37. The van der Waals surface area contributed by atoms with Crippen molar-refractivity contribution in [3.8, 4) is 5.75 Å². The molecule has 0 saturated carbocycles. The monoisotopic (exact) mass is 473 g/mol. The quantitative estimate of drug-likeness (QED) is 0.284. The molecule has 1 N–H and O–H groups in total. The minimum atomic E-state index is -0.434. The lowest BCUT2D eigenvalue weighted by Crippen LogP contribution is -2.11. The fourth-order valence-electron chi connectivity index (χ4n) is 3.37. The molecular weight excluding hydrogens is 450 g/mol. The summed E-state index contributed by atoms with van der Waals surface area (Å²) in [6.07, 6.45) is 3.17. The minimum Gasteiger partial charge on any atom is -0.486 e. The molecule has 0 unspecified atom stereocenters. The third-order valence-corrected chi connectivity index (χ3v) is 5.17. The van der Waals surface area contributed by atoms with Gasteiger partial charge in [0.1, 0.15) is 18.1 Å². The number of nitrogens with one attached hydrogen (secondary N) is 1. The number of benzene rings is 2. The first kappa shape index (κ1) is 23.5. The van der Waals surface area contributed by atoms with Crippen molar-refractivity contribution in [3.63, 3.8) is 0 Å². The molecular formula is C26H23N3O6. The topological polar surface area (TPSA) is 113 Å². The van der Waals surface area contributed by atoms with E-state index in [1.807, 2.05) is 12.1 Å². The summed E-state index contributed by atoms with van der Waals surface area (Å²) in [6.45, 7) is 1.96. The highest BCUT2D eigenvalue weighted by molar-refractivity contribution is 6.02. The van der Waals surface area contributed by atoms with E-state index in [1.54, 1.807) is 59.4 Å². The molecule has 2 aromatic carbocycles. The standard InChI is InChI=1S/C26H23N3O6/c1-17(30)18-7-9-21(10-8-18)34-16-22-11-12-24(35-22)25(31)28-20-13-27-29(15-20)14-19-5-3-4-6-23(19)26(32)33-2/h3-13,15H,14,16H2,1-2H3,(H,28,31). The van der Waals surface area contributed by atoms with Crippen LogP contribution in [0.1, 0.15) is 49.5 Å². The molecule has 4 rings (SSSR count). The predicted molar refractivity (Wildman–Crippen MR) is 127 cm³/mol. The molecule has 0 fully saturated rings. The van der Waals surface area contributed by atoms with E-state index in [0.717, 1.165) is 5.56 Å². The van der Waals surface area contributed by atoms with Crippen LogP contribution in [0.4, 0.5) is 5.69 Å². The highest BCUT2D eigenvalue weighted by Crippen LogP contribution is 2.18. The number of ether oxygens (including phenoxy) is 2. The van der Waals surface area contributed by atoms with Crippen LogP contribution in [-0.4, -0.2) is 34.6 Å². The molecule has 0 atom stereocenters. The molecule has 0 aliphatic heterocycles. The Morgan fingerprint density at radius 1 is 1.03 bits per heavy atom. The van der Waals surface area contributed by atoms with Crippen LogP contribution in [0.15, 0.2) is 77.5 Å². The second-order valence-corrected chi connectivity index (χ2v) is 7.66. The van der Waals surface area contributed by atoms with Gasteiger partial charge in [0.25, 0.3) is 5.91 Å². The van der Waals surface area contributed by atoms with Gasteiger partial charge in [-0.2, -0.15) is 5.10 Å². The average Bonchev–Trinajstić information content (AvgIpc) is 3.52. The largest absolute Gasteiger partial charge is 0.486 e. The molecule has 1 amide bonds. The van der Waals surface area contributed by atoms with Crippen molar-refractivity contribution in [2.75, 3.05) is 12.4 Å². The Kier molecular flexibility index (Phi) is 7.06. The van der Waals surface area contributed by atoms with Crippen LogP contribution in [0.5, 0.6) is 5.75 Å². The smallest absolute Gasteiger partial charge is 0.338 e. The molecule has 0 spiro atoms. The van der Waals surface area contributed by atoms with Gasteiger partial charge in [0, 0.05) is 11.8 Å². The van der Waals surface area contributed by atoms with Gasteiger partial charge in [0.15, 0.2) is 11.5 Å². The summed E-state index contributed by atoms with van der Waals surface area (Å²) in [4.78, 5) is 35.9. The number of hydrogen-bond acceptors (Lipinski definition) is 7. The summed E-state index contributed by atoms with van der Waals surface area (Å²) < 4.78 is 17.7. The van der Waals surface area contributed by atoms with Gasteiger partial charge in [-0.25, -0.2) is 4.79 Å². The van der Waals surface area contributed by atoms with Gasteiger partial charge < -0.3 is 19.2 Å². The molecule has 0 bridgehead atoms. The van der Waals surface area contributed by atoms with Crippen LogP contribution in [0.2, 0.25) is 0 Å². The molecule has 2 aromatic heterocycles. The van der Waals surface area contributed by atoms with Crippen molar-refractivity contribution in [1.82, 2.24) is 9.78 Å². The summed E-state index contributed by atoms with van der Waals surface area (Å²) in [6, 6.07) is 17.1. The van der Waals surface area contributed by atoms with Gasteiger partial charge in [0.2, 0.25) is 0 Å². The molecule has 9 heteroatoms. The van der Waals surface area contributed by atoms with Crippen molar-refractivity contribution < 1.29 is 28.3 Å². The van der Waals surface area contributed by atoms with Crippen LogP contribution in [-0.2, 0) is 17.9 Å². The highest BCUT2D eigenvalue weighted by atomic mass is 16.5. The van der Waals surface area contributed by atoms with E-state index in [2.05, 4.69) is 10.4 Å². The zero-order valence-corrected chi connectivity index (χ0v) is 19.2. The lowest BCUT2D eigenvalue weighted by atomic mass is 10.1. The minimum absolute atomic E-state index is 0.0187. The zero-order chi connectivity index (χ0) is 24.8. The SMILES string of the molecule is COC(=O)c1ccccc1Cn1cc(NC(=O)c2ccc(COc3ccc(C(C)=O)cc3)o2)cn1. The van der Waals surface area contributed by atoms with E-state index in [4.69, 9.17) is 13.9 Å². The first-order valence-corrected chi connectivity index (χ1v) is 10.8. The van der Waals surface area contributed by atoms with E-state index >= 15 is 0 Å². The second kappa shape index (κ2) is 10.5. The second-order valence-electron chi connectivity index (χ2n) is 7.66. The number of ketones is 1. The summed E-state index contributed by atoms with van der Waals surface area (Å²) in [5.74, 6) is 0.303. The van der Waals surface area contributed by atoms with Gasteiger partial charge in [-0.15, -0.1) is 0 Å². The van der Waals surface area contributed by atoms with E-state index in [1.165, 1.54) is 20.2 Å².